The van der Waals surface area contributed by atoms with Crippen molar-refractivity contribution >= 4 is 23.9 Å². The van der Waals surface area contributed by atoms with Crippen molar-refractivity contribution in [2.45, 2.75) is 0 Å². The summed E-state index contributed by atoms with van der Waals surface area (Å²) in [7, 11) is 0. The predicted octanol–water partition coefficient (Wildman–Crippen LogP) is 1.72. The third-order valence-corrected chi connectivity index (χ3v) is 1.67. The number of rotatable bonds is 0. The predicted molar refractivity (Wildman–Crippen MR) is 46.5 cm³/mol. The number of hydrogen-bond acceptors (Lipinski definition) is 2. The van der Waals surface area contributed by atoms with Gasteiger partial charge in [0.2, 0.25) is 0 Å². The first-order chi connectivity index (χ1) is 4.88. The molecule has 0 saturated heterocycles. The zero-order valence-electron chi connectivity index (χ0n) is 5.83. The molecule has 0 bridgehead atoms. The van der Waals surface area contributed by atoms with E-state index in [1.807, 2.05) is 24.3 Å². The first-order valence-electron chi connectivity index (χ1n) is 3.24. The number of ketones is 1. The number of fused-ring (bicyclic) bond motifs is 1. The third-order valence-electron chi connectivity index (χ3n) is 1.67. The monoisotopic (exact) mass is 169 g/mol. The lowest BCUT2D eigenvalue weighted by Gasteiger charge is -1.92. The maximum absolute atomic E-state index is 11.0. The minimum atomic E-state index is 0. The van der Waals surface area contributed by atoms with Gasteiger partial charge in [-0.1, -0.05) is 12.1 Å². The molecule has 2 rings (SSSR count). The third kappa shape index (κ3) is 1.21. The van der Waals surface area contributed by atoms with Gasteiger partial charge in [-0.25, -0.2) is 0 Å². The second kappa shape index (κ2) is 2.93. The molecule has 1 N–H and O–H groups in total. The number of para-hydroxylation sites is 1. The molecule has 3 heteroatoms. The Labute approximate surface area is 71.0 Å². The fourth-order valence-electron chi connectivity index (χ4n) is 1.15. The normalized spacial score (nSPS) is 13.3. The van der Waals surface area contributed by atoms with Crippen LogP contribution >= 0.6 is 12.4 Å². The lowest BCUT2D eigenvalue weighted by atomic mass is 10.1. The van der Waals surface area contributed by atoms with Gasteiger partial charge in [-0.05, 0) is 12.1 Å². The van der Waals surface area contributed by atoms with E-state index in [2.05, 4.69) is 5.32 Å². The van der Waals surface area contributed by atoms with Gasteiger partial charge in [0.05, 0.1) is 6.54 Å². The van der Waals surface area contributed by atoms with Crippen LogP contribution in [0.15, 0.2) is 24.3 Å². The molecule has 0 aromatic heterocycles. The second-order valence-corrected chi connectivity index (χ2v) is 2.32. The van der Waals surface area contributed by atoms with Gasteiger partial charge < -0.3 is 5.32 Å². The fourth-order valence-corrected chi connectivity index (χ4v) is 1.15. The van der Waals surface area contributed by atoms with Gasteiger partial charge in [-0.15, -0.1) is 12.4 Å². The summed E-state index contributed by atoms with van der Waals surface area (Å²) in [5.74, 6) is 0.190. The maximum atomic E-state index is 11.0. The molecule has 2 nitrogen and oxygen atoms in total. The lowest BCUT2D eigenvalue weighted by Crippen LogP contribution is -2.00. The molecule has 1 aliphatic heterocycles. The molecular weight excluding hydrogens is 162 g/mol. The Bertz CT molecular complexity index is 285. The maximum Gasteiger partial charge on any atom is 0.183 e. The molecule has 0 aliphatic carbocycles. The van der Waals surface area contributed by atoms with Crippen LogP contribution in [-0.4, -0.2) is 12.3 Å². The molecule has 1 aliphatic rings. The minimum absolute atomic E-state index is 0. The summed E-state index contributed by atoms with van der Waals surface area (Å²) in [6.07, 6.45) is 0. The summed E-state index contributed by atoms with van der Waals surface area (Å²) >= 11 is 0. The van der Waals surface area contributed by atoms with E-state index in [9.17, 15) is 4.79 Å². The Morgan fingerprint density at radius 2 is 2.00 bits per heavy atom. The van der Waals surface area contributed by atoms with E-state index in [0.717, 1.165) is 11.3 Å². The first-order valence-corrected chi connectivity index (χ1v) is 3.24. The van der Waals surface area contributed by atoms with Gasteiger partial charge in [0.15, 0.2) is 5.78 Å². The summed E-state index contributed by atoms with van der Waals surface area (Å²) in [6, 6.07) is 7.56. The molecule has 1 heterocycles. The average molecular weight is 170 g/mol. The molecule has 0 saturated carbocycles. The van der Waals surface area contributed by atoms with Gasteiger partial charge in [0.25, 0.3) is 0 Å². The Hall–Kier alpha value is -1.02. The standard InChI is InChI=1S/C8H7NO.ClH/c10-8-5-9-7-4-2-1-3-6(7)8;/h1-4,9H,5H2;1H. The largest absolute Gasteiger partial charge is 0.377 e. The Morgan fingerprint density at radius 3 is 2.73 bits per heavy atom. The van der Waals surface area contributed by atoms with E-state index in [-0.39, 0.29) is 18.2 Å². The zero-order valence-corrected chi connectivity index (χ0v) is 6.65. The van der Waals surface area contributed by atoms with Gasteiger partial charge in [0, 0.05) is 11.3 Å². The number of anilines is 1. The first kappa shape index (κ1) is 8.08. The summed E-state index contributed by atoms with van der Waals surface area (Å²) in [5, 5.41) is 3.00. The van der Waals surface area contributed by atoms with E-state index in [1.165, 1.54) is 0 Å². The van der Waals surface area contributed by atoms with Crippen molar-refractivity contribution < 1.29 is 4.79 Å². The Morgan fingerprint density at radius 1 is 1.27 bits per heavy atom. The summed E-state index contributed by atoms with van der Waals surface area (Å²) in [5.41, 5.74) is 1.79. The van der Waals surface area contributed by atoms with Crippen molar-refractivity contribution in [2.24, 2.45) is 0 Å². The highest BCUT2D eigenvalue weighted by atomic mass is 35.5. The summed E-state index contributed by atoms with van der Waals surface area (Å²) in [6.45, 7) is 0.458. The van der Waals surface area contributed by atoms with E-state index >= 15 is 0 Å². The van der Waals surface area contributed by atoms with Crippen molar-refractivity contribution in [1.82, 2.24) is 0 Å². The number of carbonyl (C=O) groups excluding carboxylic acids is 1. The Balaban J connectivity index is 0.000000605. The summed E-state index contributed by atoms with van der Waals surface area (Å²) < 4.78 is 0. The second-order valence-electron chi connectivity index (χ2n) is 2.32. The number of benzene rings is 1. The van der Waals surface area contributed by atoms with Crippen molar-refractivity contribution in [3.05, 3.63) is 29.8 Å². The van der Waals surface area contributed by atoms with Crippen molar-refractivity contribution in [3.8, 4) is 0 Å². The molecule has 0 amide bonds. The zero-order chi connectivity index (χ0) is 6.97. The van der Waals surface area contributed by atoms with Crippen LogP contribution < -0.4 is 5.32 Å². The number of carbonyl (C=O) groups is 1. The van der Waals surface area contributed by atoms with Crippen LogP contribution in [0.5, 0.6) is 0 Å². The van der Waals surface area contributed by atoms with Crippen LogP contribution in [0.3, 0.4) is 0 Å². The van der Waals surface area contributed by atoms with Crippen LogP contribution in [0.1, 0.15) is 10.4 Å². The quantitative estimate of drug-likeness (QED) is 0.641. The van der Waals surface area contributed by atoms with E-state index in [4.69, 9.17) is 0 Å². The van der Waals surface area contributed by atoms with Crippen LogP contribution in [0.2, 0.25) is 0 Å². The minimum Gasteiger partial charge on any atom is -0.377 e. The topological polar surface area (TPSA) is 29.1 Å². The van der Waals surface area contributed by atoms with Gasteiger partial charge in [-0.2, -0.15) is 0 Å². The number of halogens is 1. The number of nitrogens with one attached hydrogen (secondary N) is 1. The van der Waals surface area contributed by atoms with E-state index < -0.39 is 0 Å². The van der Waals surface area contributed by atoms with Crippen molar-refractivity contribution in [2.75, 3.05) is 11.9 Å². The molecule has 0 atom stereocenters. The molecule has 0 radical (unpaired) electrons. The van der Waals surface area contributed by atoms with Crippen LogP contribution in [0, 0.1) is 0 Å². The molecular formula is C8H8ClNO. The van der Waals surface area contributed by atoms with Crippen LogP contribution in [-0.2, 0) is 0 Å². The lowest BCUT2D eigenvalue weighted by molar-refractivity contribution is 0.101. The fraction of sp³-hybridized carbons (Fsp3) is 0.125. The molecule has 58 valence electrons. The van der Waals surface area contributed by atoms with Crippen molar-refractivity contribution in [1.29, 1.82) is 0 Å². The van der Waals surface area contributed by atoms with Gasteiger partial charge >= 0.3 is 0 Å². The highest BCUT2D eigenvalue weighted by Gasteiger charge is 2.16. The number of hydrogen-bond donors (Lipinski definition) is 1. The molecule has 1 aromatic rings. The highest BCUT2D eigenvalue weighted by Crippen LogP contribution is 2.20. The average Bonchev–Trinajstić information content (AvgIpc) is 2.34. The smallest absolute Gasteiger partial charge is 0.183 e. The van der Waals surface area contributed by atoms with E-state index in [1.54, 1.807) is 0 Å². The van der Waals surface area contributed by atoms with E-state index in [0.29, 0.717) is 6.54 Å². The number of Topliss-reactive ketones (excluding diaryl/α,β-unsaturated/α-hetero) is 1. The molecule has 0 spiro atoms. The van der Waals surface area contributed by atoms with Gasteiger partial charge in [-0.3, -0.25) is 4.79 Å². The summed E-state index contributed by atoms with van der Waals surface area (Å²) in [4.78, 5) is 11.0. The molecule has 0 fully saturated rings. The Kier molecular flexibility index (Phi) is 2.15. The molecule has 11 heavy (non-hydrogen) atoms. The van der Waals surface area contributed by atoms with Gasteiger partial charge in [0.1, 0.15) is 0 Å². The van der Waals surface area contributed by atoms with Crippen LogP contribution in [0.4, 0.5) is 5.69 Å². The molecule has 0 unspecified atom stereocenters. The van der Waals surface area contributed by atoms with Crippen molar-refractivity contribution in [3.63, 3.8) is 0 Å². The van der Waals surface area contributed by atoms with Crippen LogP contribution in [0.25, 0.3) is 0 Å². The SMILES string of the molecule is Cl.O=C1CNc2ccccc21. The highest BCUT2D eigenvalue weighted by molar-refractivity contribution is 6.07. The molecule has 1 aromatic carbocycles.